The molecule has 0 bridgehead atoms. The van der Waals surface area contributed by atoms with E-state index in [9.17, 15) is 9.59 Å². The summed E-state index contributed by atoms with van der Waals surface area (Å²) in [5, 5.41) is 3.12. The van der Waals surface area contributed by atoms with Gasteiger partial charge in [0.05, 0.1) is 11.7 Å². The fraction of sp³-hybridized carbons (Fsp3) is 0.231. The maximum Gasteiger partial charge on any atom is 0.202 e. The molecule has 0 aromatic heterocycles. The zero-order chi connectivity index (χ0) is 11.3. The molecule has 3 aliphatic rings. The van der Waals surface area contributed by atoms with Gasteiger partial charge in [0.2, 0.25) is 5.78 Å². The van der Waals surface area contributed by atoms with Crippen molar-refractivity contribution < 1.29 is 9.59 Å². The average Bonchev–Trinajstić information content (AvgIpc) is 2.66. The van der Waals surface area contributed by atoms with Crippen LogP contribution in [-0.2, 0) is 9.59 Å². The molecule has 0 aromatic rings. The van der Waals surface area contributed by atoms with Crippen molar-refractivity contribution in [2.24, 2.45) is 5.92 Å². The summed E-state index contributed by atoms with van der Waals surface area (Å²) in [6, 6.07) is 0.0576. The SMILES string of the molecule is CC1=CC(=O)C2=C(C1=O)C1C=CC=CC1N2. The molecule has 0 saturated carbocycles. The second-order valence-corrected chi connectivity index (χ2v) is 4.28. The minimum atomic E-state index is -0.0803. The predicted octanol–water partition coefficient (Wildman–Crippen LogP) is 1.05. The summed E-state index contributed by atoms with van der Waals surface area (Å²) in [5.41, 5.74) is 1.66. The first-order valence-corrected chi connectivity index (χ1v) is 5.31. The Balaban J connectivity index is 2.10. The molecule has 2 aliphatic carbocycles. The van der Waals surface area contributed by atoms with Crippen molar-refractivity contribution in [1.82, 2.24) is 5.32 Å². The summed E-state index contributed by atoms with van der Waals surface area (Å²) >= 11 is 0. The van der Waals surface area contributed by atoms with E-state index in [4.69, 9.17) is 0 Å². The molecule has 3 heteroatoms. The highest BCUT2D eigenvalue weighted by Crippen LogP contribution is 2.35. The molecule has 3 rings (SSSR count). The number of carbonyl (C=O) groups excluding carboxylic acids is 2. The Labute approximate surface area is 93.2 Å². The first kappa shape index (κ1) is 9.33. The van der Waals surface area contributed by atoms with Crippen molar-refractivity contribution in [3.05, 3.63) is 47.2 Å². The van der Waals surface area contributed by atoms with Crippen LogP contribution < -0.4 is 5.32 Å². The largest absolute Gasteiger partial charge is 0.374 e. The van der Waals surface area contributed by atoms with Crippen molar-refractivity contribution >= 4 is 11.6 Å². The molecule has 1 N–H and O–H groups in total. The third-order valence-corrected chi connectivity index (χ3v) is 3.25. The van der Waals surface area contributed by atoms with E-state index in [2.05, 4.69) is 5.32 Å². The lowest BCUT2D eigenvalue weighted by Crippen LogP contribution is -2.28. The van der Waals surface area contributed by atoms with E-state index in [-0.39, 0.29) is 23.5 Å². The Morgan fingerprint density at radius 3 is 2.75 bits per heavy atom. The number of rotatable bonds is 0. The molecule has 0 aromatic carbocycles. The molecule has 1 heterocycles. The van der Waals surface area contributed by atoms with Crippen LogP contribution in [0.1, 0.15) is 6.92 Å². The lowest BCUT2D eigenvalue weighted by molar-refractivity contribution is -0.116. The van der Waals surface area contributed by atoms with Crippen LogP contribution in [0.15, 0.2) is 47.2 Å². The highest BCUT2D eigenvalue weighted by atomic mass is 16.1. The first-order chi connectivity index (χ1) is 7.68. The third kappa shape index (κ3) is 1.08. The quantitative estimate of drug-likeness (QED) is 0.612. The molecule has 0 amide bonds. The van der Waals surface area contributed by atoms with Crippen LogP contribution in [0.5, 0.6) is 0 Å². The summed E-state index contributed by atoms with van der Waals surface area (Å²) in [6.45, 7) is 1.69. The van der Waals surface area contributed by atoms with Crippen LogP contribution >= 0.6 is 0 Å². The smallest absolute Gasteiger partial charge is 0.202 e. The van der Waals surface area contributed by atoms with Gasteiger partial charge in [-0.05, 0) is 13.0 Å². The van der Waals surface area contributed by atoms with Gasteiger partial charge in [0.15, 0.2) is 5.78 Å². The second kappa shape index (κ2) is 3.04. The van der Waals surface area contributed by atoms with Gasteiger partial charge in [-0.1, -0.05) is 24.3 Å². The monoisotopic (exact) mass is 213 g/mol. The summed E-state index contributed by atoms with van der Waals surface area (Å²) < 4.78 is 0. The van der Waals surface area contributed by atoms with E-state index >= 15 is 0 Å². The molecular formula is C13H11NO2. The minimum Gasteiger partial charge on any atom is -0.374 e. The van der Waals surface area contributed by atoms with E-state index in [0.29, 0.717) is 16.8 Å². The Hall–Kier alpha value is -1.90. The average molecular weight is 213 g/mol. The Bertz CT molecular complexity index is 520. The molecule has 0 radical (unpaired) electrons. The van der Waals surface area contributed by atoms with E-state index in [0.717, 1.165) is 0 Å². The Kier molecular flexibility index (Phi) is 1.78. The topological polar surface area (TPSA) is 46.2 Å². The molecule has 0 fully saturated rings. The Morgan fingerprint density at radius 1 is 1.19 bits per heavy atom. The lowest BCUT2D eigenvalue weighted by Gasteiger charge is -2.17. The molecule has 16 heavy (non-hydrogen) atoms. The molecule has 2 unspecified atom stereocenters. The van der Waals surface area contributed by atoms with Gasteiger partial charge in [-0.3, -0.25) is 9.59 Å². The number of Topliss-reactive ketones (excluding diaryl/α,β-unsaturated/α-hetero) is 1. The molecular weight excluding hydrogens is 202 g/mol. The molecule has 2 atom stereocenters. The van der Waals surface area contributed by atoms with E-state index in [1.54, 1.807) is 6.92 Å². The fourth-order valence-corrected chi connectivity index (χ4v) is 2.45. The van der Waals surface area contributed by atoms with Crippen molar-refractivity contribution in [2.45, 2.75) is 13.0 Å². The van der Waals surface area contributed by atoms with Gasteiger partial charge < -0.3 is 5.32 Å². The summed E-state index contributed by atoms with van der Waals surface area (Å²) in [5.74, 6) is -0.0713. The van der Waals surface area contributed by atoms with Crippen LogP contribution in [0.25, 0.3) is 0 Å². The van der Waals surface area contributed by atoms with E-state index in [1.165, 1.54) is 6.08 Å². The van der Waals surface area contributed by atoms with Crippen LogP contribution in [-0.4, -0.2) is 17.6 Å². The number of hydrogen-bond donors (Lipinski definition) is 1. The van der Waals surface area contributed by atoms with Crippen molar-refractivity contribution in [3.63, 3.8) is 0 Å². The number of fused-ring (bicyclic) bond motifs is 2. The highest BCUT2D eigenvalue weighted by molar-refractivity contribution is 6.23. The zero-order valence-corrected chi connectivity index (χ0v) is 8.86. The van der Waals surface area contributed by atoms with Gasteiger partial charge in [0.25, 0.3) is 0 Å². The van der Waals surface area contributed by atoms with Crippen molar-refractivity contribution in [3.8, 4) is 0 Å². The van der Waals surface area contributed by atoms with Crippen LogP contribution in [0, 0.1) is 5.92 Å². The molecule has 80 valence electrons. The van der Waals surface area contributed by atoms with Crippen LogP contribution in [0.3, 0.4) is 0 Å². The summed E-state index contributed by atoms with van der Waals surface area (Å²) in [4.78, 5) is 23.8. The number of carbonyl (C=O) groups is 2. The van der Waals surface area contributed by atoms with Gasteiger partial charge in [0, 0.05) is 17.1 Å². The molecule has 0 spiro atoms. The second-order valence-electron chi connectivity index (χ2n) is 4.28. The van der Waals surface area contributed by atoms with Crippen molar-refractivity contribution in [2.75, 3.05) is 0 Å². The first-order valence-electron chi connectivity index (χ1n) is 5.31. The van der Waals surface area contributed by atoms with Crippen LogP contribution in [0.2, 0.25) is 0 Å². The number of hydrogen-bond acceptors (Lipinski definition) is 3. The van der Waals surface area contributed by atoms with Gasteiger partial charge in [0.1, 0.15) is 0 Å². The minimum absolute atomic E-state index is 0.00505. The normalized spacial score (nSPS) is 31.2. The van der Waals surface area contributed by atoms with E-state index in [1.807, 2.05) is 24.3 Å². The van der Waals surface area contributed by atoms with Crippen molar-refractivity contribution in [1.29, 1.82) is 0 Å². The maximum absolute atomic E-state index is 12.0. The number of nitrogens with one attached hydrogen (secondary N) is 1. The standard InChI is InChI=1S/C13H11NO2/c1-7-6-10(15)12-11(13(7)16)8-4-2-3-5-9(8)14-12/h2-6,8-9,14H,1H3. The fourth-order valence-electron chi connectivity index (χ4n) is 2.45. The summed E-state index contributed by atoms with van der Waals surface area (Å²) in [7, 11) is 0. The zero-order valence-electron chi connectivity index (χ0n) is 8.86. The third-order valence-electron chi connectivity index (χ3n) is 3.25. The van der Waals surface area contributed by atoms with Gasteiger partial charge in [-0.25, -0.2) is 0 Å². The van der Waals surface area contributed by atoms with Gasteiger partial charge >= 0.3 is 0 Å². The van der Waals surface area contributed by atoms with Gasteiger partial charge in [-0.15, -0.1) is 0 Å². The summed E-state index contributed by atoms with van der Waals surface area (Å²) in [6.07, 6.45) is 9.23. The van der Waals surface area contributed by atoms with Gasteiger partial charge in [-0.2, -0.15) is 0 Å². The highest BCUT2D eigenvalue weighted by Gasteiger charge is 2.40. The molecule has 0 saturated heterocycles. The maximum atomic E-state index is 12.0. The Morgan fingerprint density at radius 2 is 1.94 bits per heavy atom. The molecule has 1 aliphatic heterocycles. The number of allylic oxidation sites excluding steroid dienone is 4. The number of ketones is 2. The molecule has 3 nitrogen and oxygen atoms in total. The predicted molar refractivity (Wildman–Crippen MR) is 59.5 cm³/mol. The lowest BCUT2D eigenvalue weighted by atomic mass is 9.84. The van der Waals surface area contributed by atoms with E-state index < -0.39 is 0 Å². The van der Waals surface area contributed by atoms with Crippen LogP contribution in [0.4, 0.5) is 0 Å².